The lowest BCUT2D eigenvalue weighted by Gasteiger charge is -2.38. The molecule has 1 N–H and O–H groups in total. The molecule has 4 nitrogen and oxygen atoms in total. The maximum absolute atomic E-state index is 10.3. The molecular formula is C18H24N2O2. The molecule has 1 heterocycles. The SMILES string of the molecule is N#Cc1ccc(OCC(O)CN2CCCC3CCCC32)cc1. The third-order valence-electron chi connectivity index (χ3n) is 4.98. The molecule has 0 spiro atoms. The summed E-state index contributed by atoms with van der Waals surface area (Å²) >= 11 is 0. The summed E-state index contributed by atoms with van der Waals surface area (Å²) < 4.78 is 5.63. The van der Waals surface area contributed by atoms with E-state index < -0.39 is 6.10 Å². The first-order chi connectivity index (χ1) is 10.8. The summed E-state index contributed by atoms with van der Waals surface area (Å²) in [5, 5.41) is 19.0. The zero-order valence-electron chi connectivity index (χ0n) is 12.9. The molecule has 1 saturated carbocycles. The monoisotopic (exact) mass is 300 g/mol. The van der Waals surface area contributed by atoms with Gasteiger partial charge in [-0.3, -0.25) is 4.90 Å². The number of fused-ring (bicyclic) bond motifs is 1. The lowest BCUT2D eigenvalue weighted by Crippen LogP contribution is -2.47. The first-order valence-electron chi connectivity index (χ1n) is 8.31. The van der Waals surface area contributed by atoms with Gasteiger partial charge in [-0.1, -0.05) is 6.42 Å². The predicted molar refractivity (Wildman–Crippen MR) is 84.6 cm³/mol. The Morgan fingerprint density at radius 2 is 2.00 bits per heavy atom. The van der Waals surface area contributed by atoms with Gasteiger partial charge in [0.25, 0.3) is 0 Å². The highest BCUT2D eigenvalue weighted by atomic mass is 16.5. The average Bonchev–Trinajstić information content (AvgIpc) is 3.03. The van der Waals surface area contributed by atoms with Crippen molar-refractivity contribution in [2.24, 2.45) is 5.92 Å². The molecule has 4 heteroatoms. The fraction of sp³-hybridized carbons (Fsp3) is 0.611. The maximum atomic E-state index is 10.3. The second-order valence-electron chi connectivity index (χ2n) is 6.50. The average molecular weight is 300 g/mol. The molecule has 2 fully saturated rings. The summed E-state index contributed by atoms with van der Waals surface area (Å²) in [5.74, 6) is 1.55. The van der Waals surface area contributed by atoms with Gasteiger partial charge < -0.3 is 9.84 Å². The van der Waals surface area contributed by atoms with Gasteiger partial charge in [0.1, 0.15) is 18.5 Å². The zero-order valence-corrected chi connectivity index (χ0v) is 12.9. The van der Waals surface area contributed by atoms with Crippen LogP contribution in [0.5, 0.6) is 5.75 Å². The van der Waals surface area contributed by atoms with Crippen LogP contribution in [0.4, 0.5) is 0 Å². The molecule has 1 saturated heterocycles. The fourth-order valence-electron chi connectivity index (χ4n) is 3.93. The van der Waals surface area contributed by atoms with Gasteiger partial charge in [-0.05, 0) is 62.4 Å². The molecule has 3 atom stereocenters. The first-order valence-corrected chi connectivity index (χ1v) is 8.31. The Morgan fingerprint density at radius 1 is 1.23 bits per heavy atom. The van der Waals surface area contributed by atoms with Crippen molar-refractivity contribution < 1.29 is 9.84 Å². The number of nitriles is 1. The van der Waals surface area contributed by atoms with Gasteiger partial charge >= 0.3 is 0 Å². The molecule has 3 unspecified atom stereocenters. The molecule has 0 amide bonds. The van der Waals surface area contributed by atoms with Crippen LogP contribution in [0.25, 0.3) is 0 Å². The van der Waals surface area contributed by atoms with Crippen LogP contribution in [0.3, 0.4) is 0 Å². The Morgan fingerprint density at radius 3 is 2.77 bits per heavy atom. The van der Waals surface area contributed by atoms with Gasteiger partial charge in [0.05, 0.1) is 11.6 Å². The van der Waals surface area contributed by atoms with E-state index in [1.165, 1.54) is 32.1 Å². The molecule has 2 aliphatic rings. The second kappa shape index (κ2) is 7.13. The molecule has 3 rings (SSSR count). The number of rotatable bonds is 5. The number of β-amino-alcohol motifs (C(OH)–C–C–N with tert-alkyl or cyclic N) is 1. The number of piperidine rings is 1. The number of nitrogens with zero attached hydrogens (tertiary/aromatic N) is 2. The van der Waals surface area contributed by atoms with Crippen molar-refractivity contribution >= 4 is 0 Å². The molecule has 118 valence electrons. The molecule has 0 radical (unpaired) electrons. The number of hydrogen-bond donors (Lipinski definition) is 1. The molecule has 0 aromatic heterocycles. The van der Waals surface area contributed by atoms with Crippen molar-refractivity contribution in [2.75, 3.05) is 19.7 Å². The van der Waals surface area contributed by atoms with E-state index in [2.05, 4.69) is 11.0 Å². The third kappa shape index (κ3) is 3.60. The van der Waals surface area contributed by atoms with Gasteiger partial charge in [0.2, 0.25) is 0 Å². The van der Waals surface area contributed by atoms with E-state index in [-0.39, 0.29) is 0 Å². The number of hydrogen-bond acceptors (Lipinski definition) is 4. The zero-order chi connectivity index (χ0) is 15.4. The number of ether oxygens (including phenoxy) is 1. The summed E-state index contributed by atoms with van der Waals surface area (Å²) in [7, 11) is 0. The van der Waals surface area contributed by atoms with Crippen molar-refractivity contribution in [3.63, 3.8) is 0 Å². The third-order valence-corrected chi connectivity index (χ3v) is 4.98. The molecule has 1 aliphatic heterocycles. The summed E-state index contributed by atoms with van der Waals surface area (Å²) in [6.45, 7) is 2.12. The van der Waals surface area contributed by atoms with Crippen LogP contribution in [0.2, 0.25) is 0 Å². The number of likely N-dealkylation sites (tertiary alicyclic amines) is 1. The number of aliphatic hydroxyl groups excluding tert-OH is 1. The number of aliphatic hydroxyl groups is 1. The molecule has 0 bridgehead atoms. The minimum atomic E-state index is -0.463. The predicted octanol–water partition coefficient (Wildman–Crippen LogP) is 2.56. The van der Waals surface area contributed by atoms with Gasteiger partial charge in [-0.15, -0.1) is 0 Å². The summed E-state index contributed by atoms with van der Waals surface area (Å²) in [4.78, 5) is 2.47. The molecule has 22 heavy (non-hydrogen) atoms. The van der Waals surface area contributed by atoms with E-state index in [4.69, 9.17) is 10.00 Å². The normalized spacial score (nSPS) is 26.2. The lowest BCUT2D eigenvalue weighted by atomic mass is 9.92. The van der Waals surface area contributed by atoms with Crippen molar-refractivity contribution in [3.05, 3.63) is 29.8 Å². The first kappa shape index (κ1) is 15.3. The van der Waals surface area contributed by atoms with E-state index in [0.29, 0.717) is 30.5 Å². The van der Waals surface area contributed by atoms with Gasteiger partial charge in [0.15, 0.2) is 0 Å². The van der Waals surface area contributed by atoms with Crippen LogP contribution < -0.4 is 4.74 Å². The highest BCUT2D eigenvalue weighted by Crippen LogP contribution is 2.36. The van der Waals surface area contributed by atoms with Crippen LogP contribution in [0.1, 0.15) is 37.7 Å². The fourth-order valence-corrected chi connectivity index (χ4v) is 3.93. The Hall–Kier alpha value is -1.57. The van der Waals surface area contributed by atoms with Gasteiger partial charge in [-0.25, -0.2) is 0 Å². The maximum Gasteiger partial charge on any atom is 0.119 e. The minimum absolute atomic E-state index is 0.305. The van der Waals surface area contributed by atoms with Crippen molar-refractivity contribution in [2.45, 2.75) is 44.2 Å². The van der Waals surface area contributed by atoms with E-state index in [1.807, 2.05) is 0 Å². The smallest absolute Gasteiger partial charge is 0.119 e. The standard InChI is InChI=1S/C18H24N2O2/c19-11-14-6-8-17(9-7-14)22-13-16(21)12-20-10-2-4-15-3-1-5-18(15)20/h6-9,15-16,18,21H,1-5,10,12-13H2. The quantitative estimate of drug-likeness (QED) is 0.908. The van der Waals surface area contributed by atoms with Crippen molar-refractivity contribution in [1.82, 2.24) is 4.90 Å². The van der Waals surface area contributed by atoms with Crippen LogP contribution in [0.15, 0.2) is 24.3 Å². The Labute approximate surface area is 132 Å². The van der Waals surface area contributed by atoms with E-state index in [0.717, 1.165) is 12.5 Å². The van der Waals surface area contributed by atoms with Gasteiger partial charge in [-0.2, -0.15) is 5.26 Å². The Balaban J connectivity index is 1.47. The molecular weight excluding hydrogens is 276 g/mol. The van der Waals surface area contributed by atoms with Crippen LogP contribution in [0, 0.1) is 17.2 Å². The summed E-state index contributed by atoms with van der Waals surface area (Å²) in [5.41, 5.74) is 0.619. The second-order valence-corrected chi connectivity index (χ2v) is 6.50. The highest BCUT2D eigenvalue weighted by molar-refractivity contribution is 5.34. The largest absolute Gasteiger partial charge is 0.491 e. The van der Waals surface area contributed by atoms with E-state index in [9.17, 15) is 5.11 Å². The summed E-state index contributed by atoms with van der Waals surface area (Å²) in [6.07, 6.45) is 6.13. The van der Waals surface area contributed by atoms with E-state index >= 15 is 0 Å². The topological polar surface area (TPSA) is 56.5 Å². The molecule has 1 aromatic carbocycles. The number of benzene rings is 1. The lowest BCUT2D eigenvalue weighted by molar-refractivity contribution is 0.0287. The van der Waals surface area contributed by atoms with Crippen molar-refractivity contribution in [3.8, 4) is 11.8 Å². The van der Waals surface area contributed by atoms with Crippen LogP contribution in [-0.2, 0) is 0 Å². The van der Waals surface area contributed by atoms with Gasteiger partial charge in [0, 0.05) is 12.6 Å². The van der Waals surface area contributed by atoms with Crippen LogP contribution >= 0.6 is 0 Å². The Bertz CT molecular complexity index is 523. The molecule has 1 aromatic rings. The summed E-state index contributed by atoms with van der Waals surface area (Å²) in [6, 6.07) is 9.78. The van der Waals surface area contributed by atoms with Crippen molar-refractivity contribution in [1.29, 1.82) is 5.26 Å². The molecule has 1 aliphatic carbocycles. The Kier molecular flexibility index (Phi) is 4.97. The van der Waals surface area contributed by atoms with Crippen LogP contribution in [-0.4, -0.2) is 41.8 Å². The van der Waals surface area contributed by atoms with E-state index in [1.54, 1.807) is 24.3 Å². The highest BCUT2D eigenvalue weighted by Gasteiger charge is 2.35. The minimum Gasteiger partial charge on any atom is -0.491 e.